The summed E-state index contributed by atoms with van der Waals surface area (Å²) in [4.78, 5) is 44.8. The van der Waals surface area contributed by atoms with E-state index in [1.54, 1.807) is 46.2 Å². The van der Waals surface area contributed by atoms with Crippen LogP contribution in [0.15, 0.2) is 66.7 Å². The normalized spacial score (nSPS) is 15.9. The molecule has 2 aliphatic rings. The Labute approximate surface area is 231 Å². The molecule has 3 aromatic rings. The van der Waals surface area contributed by atoms with Gasteiger partial charge in [0.1, 0.15) is 11.6 Å². The molecule has 40 heavy (non-hydrogen) atoms. The number of anilines is 2. The number of piperazine rings is 1. The fraction of sp³-hybridized carbons (Fsp3) is 0.300. The van der Waals surface area contributed by atoms with Gasteiger partial charge in [-0.25, -0.2) is 8.78 Å². The van der Waals surface area contributed by atoms with E-state index in [4.69, 9.17) is 0 Å². The third kappa shape index (κ3) is 6.28. The minimum atomic E-state index is -0.797. The van der Waals surface area contributed by atoms with Crippen molar-refractivity contribution in [3.63, 3.8) is 0 Å². The van der Waals surface area contributed by atoms with Gasteiger partial charge >= 0.3 is 0 Å². The van der Waals surface area contributed by atoms with Crippen molar-refractivity contribution in [1.29, 1.82) is 0 Å². The monoisotopic (exact) mass is 547 g/mol. The van der Waals surface area contributed by atoms with Crippen molar-refractivity contribution in [3.8, 4) is 0 Å². The van der Waals surface area contributed by atoms with Crippen LogP contribution >= 0.6 is 0 Å². The van der Waals surface area contributed by atoms with Crippen LogP contribution < -0.4 is 15.5 Å². The second-order valence-electron chi connectivity index (χ2n) is 9.89. The average molecular weight is 548 g/mol. The molecule has 0 spiro atoms. The zero-order valence-electron chi connectivity index (χ0n) is 22.0. The second kappa shape index (κ2) is 12.3. The van der Waals surface area contributed by atoms with Gasteiger partial charge in [0.25, 0.3) is 17.7 Å². The number of rotatable bonds is 5. The summed E-state index contributed by atoms with van der Waals surface area (Å²) in [5.74, 6) is -2.43. The van der Waals surface area contributed by atoms with Crippen molar-refractivity contribution in [2.24, 2.45) is 0 Å². The predicted octanol–water partition coefficient (Wildman–Crippen LogP) is 3.62. The van der Waals surface area contributed by atoms with E-state index in [-0.39, 0.29) is 17.4 Å². The maximum atomic E-state index is 13.7. The van der Waals surface area contributed by atoms with Crippen LogP contribution in [0.25, 0.3) is 0 Å². The van der Waals surface area contributed by atoms with E-state index in [1.165, 1.54) is 0 Å². The summed E-state index contributed by atoms with van der Waals surface area (Å²) in [5, 5.41) is 6.23. The van der Waals surface area contributed by atoms with Gasteiger partial charge in [-0.2, -0.15) is 0 Å². The van der Waals surface area contributed by atoms with Crippen LogP contribution in [0.1, 0.15) is 37.5 Å². The maximum Gasteiger partial charge on any atom is 0.255 e. The van der Waals surface area contributed by atoms with Crippen molar-refractivity contribution in [2.45, 2.75) is 6.42 Å². The van der Waals surface area contributed by atoms with E-state index in [0.29, 0.717) is 62.5 Å². The lowest BCUT2D eigenvalue weighted by Gasteiger charge is -2.29. The molecule has 5 rings (SSSR count). The quantitative estimate of drug-likeness (QED) is 0.510. The summed E-state index contributed by atoms with van der Waals surface area (Å²) in [5.41, 5.74) is 2.17. The van der Waals surface area contributed by atoms with E-state index in [1.807, 2.05) is 12.1 Å². The molecule has 2 aliphatic heterocycles. The fourth-order valence-corrected chi connectivity index (χ4v) is 5.10. The van der Waals surface area contributed by atoms with Gasteiger partial charge < -0.3 is 25.3 Å². The minimum Gasteiger partial charge on any atom is -0.368 e. The standard InChI is InChI=1S/C30H31F2N5O3/c31-24-17-23(18-25(32)20-24)30(40)36-12-4-11-35(15-16-36)27-8-7-22(29(39)37-13-9-33-10-14-37)19-26(27)34-28(38)21-5-2-1-3-6-21/h1-3,5-8,17-20,33H,4,9-16H2,(H,34,38). The number of halogens is 2. The summed E-state index contributed by atoms with van der Waals surface area (Å²) in [6, 6.07) is 17.0. The molecular formula is C30H31F2N5O3. The van der Waals surface area contributed by atoms with Gasteiger partial charge in [0.15, 0.2) is 0 Å². The van der Waals surface area contributed by atoms with Gasteiger partial charge in [-0.1, -0.05) is 18.2 Å². The topological polar surface area (TPSA) is 85.0 Å². The zero-order valence-corrected chi connectivity index (χ0v) is 22.0. The number of carbonyl (C=O) groups is 3. The molecule has 0 atom stereocenters. The highest BCUT2D eigenvalue weighted by atomic mass is 19.1. The lowest BCUT2D eigenvalue weighted by atomic mass is 10.1. The van der Waals surface area contributed by atoms with Gasteiger partial charge in [0.2, 0.25) is 0 Å². The Morgan fingerprint density at radius 3 is 2.08 bits per heavy atom. The van der Waals surface area contributed by atoms with E-state index in [2.05, 4.69) is 15.5 Å². The third-order valence-corrected chi connectivity index (χ3v) is 7.17. The van der Waals surface area contributed by atoms with Gasteiger partial charge in [-0.05, 0) is 48.9 Å². The molecule has 2 fully saturated rings. The van der Waals surface area contributed by atoms with Crippen LogP contribution in [0.4, 0.5) is 20.2 Å². The minimum absolute atomic E-state index is 0.0301. The van der Waals surface area contributed by atoms with Crippen molar-refractivity contribution in [2.75, 3.05) is 62.6 Å². The number of hydrogen-bond donors (Lipinski definition) is 2. The predicted molar refractivity (Wildman–Crippen MR) is 149 cm³/mol. The Morgan fingerprint density at radius 2 is 1.35 bits per heavy atom. The first kappa shape index (κ1) is 27.3. The summed E-state index contributed by atoms with van der Waals surface area (Å²) < 4.78 is 27.4. The number of amides is 3. The van der Waals surface area contributed by atoms with Crippen LogP contribution in [0, 0.1) is 11.6 Å². The van der Waals surface area contributed by atoms with Crippen LogP contribution in [0.3, 0.4) is 0 Å². The van der Waals surface area contributed by atoms with E-state index < -0.39 is 17.5 Å². The first-order valence-corrected chi connectivity index (χ1v) is 13.4. The van der Waals surface area contributed by atoms with Gasteiger partial charge in [0.05, 0.1) is 11.4 Å². The molecule has 0 aromatic heterocycles. The summed E-state index contributed by atoms with van der Waals surface area (Å²) in [6.45, 7) is 4.43. The lowest BCUT2D eigenvalue weighted by molar-refractivity contribution is 0.0734. The molecule has 0 aliphatic carbocycles. The number of carbonyl (C=O) groups excluding carboxylic acids is 3. The van der Waals surface area contributed by atoms with E-state index >= 15 is 0 Å². The summed E-state index contributed by atoms with van der Waals surface area (Å²) >= 11 is 0. The fourth-order valence-electron chi connectivity index (χ4n) is 5.10. The van der Waals surface area contributed by atoms with Crippen molar-refractivity contribution < 1.29 is 23.2 Å². The Balaban J connectivity index is 1.38. The molecule has 0 radical (unpaired) electrons. The highest BCUT2D eigenvalue weighted by molar-refractivity contribution is 6.07. The largest absolute Gasteiger partial charge is 0.368 e. The first-order valence-electron chi connectivity index (χ1n) is 13.4. The highest BCUT2D eigenvalue weighted by Crippen LogP contribution is 2.30. The van der Waals surface area contributed by atoms with E-state index in [0.717, 1.165) is 37.0 Å². The van der Waals surface area contributed by atoms with Crippen LogP contribution in [-0.2, 0) is 0 Å². The molecule has 3 amide bonds. The van der Waals surface area contributed by atoms with Crippen LogP contribution in [0.5, 0.6) is 0 Å². The maximum absolute atomic E-state index is 13.7. The van der Waals surface area contributed by atoms with E-state index in [9.17, 15) is 23.2 Å². The SMILES string of the molecule is O=C(Nc1cc(C(=O)N2CCNCC2)ccc1N1CCCN(C(=O)c2cc(F)cc(F)c2)CC1)c1ccccc1. The summed E-state index contributed by atoms with van der Waals surface area (Å²) in [7, 11) is 0. The number of nitrogens with one attached hydrogen (secondary N) is 2. The Kier molecular flexibility index (Phi) is 8.35. The average Bonchev–Trinajstić information content (AvgIpc) is 3.23. The molecular weight excluding hydrogens is 516 g/mol. The number of nitrogens with zero attached hydrogens (tertiary/aromatic N) is 3. The molecule has 0 bridgehead atoms. The smallest absolute Gasteiger partial charge is 0.255 e. The number of benzene rings is 3. The molecule has 8 nitrogen and oxygen atoms in total. The van der Waals surface area contributed by atoms with Crippen molar-refractivity contribution in [3.05, 3.63) is 95.1 Å². The van der Waals surface area contributed by atoms with Gasteiger partial charge in [-0.3, -0.25) is 14.4 Å². The van der Waals surface area contributed by atoms with Gasteiger partial charge in [0, 0.05) is 75.1 Å². The molecule has 2 saturated heterocycles. The van der Waals surface area contributed by atoms with Crippen molar-refractivity contribution in [1.82, 2.24) is 15.1 Å². The molecule has 0 saturated carbocycles. The van der Waals surface area contributed by atoms with Crippen LogP contribution in [0.2, 0.25) is 0 Å². The molecule has 2 heterocycles. The van der Waals surface area contributed by atoms with Crippen LogP contribution in [-0.4, -0.2) is 79.9 Å². The van der Waals surface area contributed by atoms with Crippen molar-refractivity contribution >= 4 is 29.1 Å². The Bertz CT molecular complexity index is 1380. The third-order valence-electron chi connectivity index (χ3n) is 7.17. The molecule has 208 valence electrons. The van der Waals surface area contributed by atoms with Gasteiger partial charge in [-0.15, -0.1) is 0 Å². The Hall–Kier alpha value is -4.31. The zero-order chi connectivity index (χ0) is 28.1. The molecule has 3 aromatic carbocycles. The molecule has 2 N–H and O–H groups in total. The molecule has 0 unspecified atom stereocenters. The highest BCUT2D eigenvalue weighted by Gasteiger charge is 2.25. The first-order chi connectivity index (χ1) is 19.4. The Morgan fingerprint density at radius 1 is 0.675 bits per heavy atom. The summed E-state index contributed by atoms with van der Waals surface area (Å²) in [6.07, 6.45) is 0.608. The molecule has 10 heteroatoms. The number of hydrogen-bond acceptors (Lipinski definition) is 5. The second-order valence-corrected chi connectivity index (χ2v) is 9.89. The lowest BCUT2D eigenvalue weighted by Crippen LogP contribution is -2.46.